The van der Waals surface area contributed by atoms with Gasteiger partial charge in [0.25, 0.3) is 0 Å². The first kappa shape index (κ1) is 23.3. The molecule has 3 aromatic rings. The van der Waals surface area contributed by atoms with Gasteiger partial charge in [0.15, 0.2) is 5.82 Å². The average molecular weight is 437 g/mol. The number of carbonyl (C=O) groups is 1. The minimum atomic E-state index is 0.115. The van der Waals surface area contributed by atoms with Crippen molar-refractivity contribution in [1.29, 1.82) is 5.26 Å². The molecule has 3 rings (SSSR count). The van der Waals surface area contributed by atoms with E-state index in [-0.39, 0.29) is 5.91 Å². The van der Waals surface area contributed by atoms with Crippen LogP contribution in [0.3, 0.4) is 0 Å². The Morgan fingerprint density at radius 1 is 1.12 bits per heavy atom. The third-order valence-corrected chi connectivity index (χ3v) is 5.09. The Labute approximate surface area is 188 Å². The zero-order valence-corrected chi connectivity index (χ0v) is 19.1. The summed E-state index contributed by atoms with van der Waals surface area (Å²) >= 11 is 0. The standard InChI is InChI=1S/C23H32N8O/c1-16(2)14-21(32)26-12-6-7-13-27-22-23-30-29-17(3)31(23)20-15-18(8-9-19(20)28-22)25-11-5-4-10-24/h8-9,15-16,25H,4-7,11-14H2,1-3H3,(H,26,32)(H,27,28). The van der Waals surface area contributed by atoms with Gasteiger partial charge in [-0.2, -0.15) is 5.26 Å². The number of amides is 1. The number of fused-ring (bicyclic) bond motifs is 3. The number of rotatable bonds is 12. The van der Waals surface area contributed by atoms with Gasteiger partial charge in [-0.15, -0.1) is 10.2 Å². The zero-order valence-electron chi connectivity index (χ0n) is 19.1. The number of nitriles is 1. The van der Waals surface area contributed by atoms with Crippen LogP contribution >= 0.6 is 0 Å². The number of nitrogens with zero attached hydrogens (tertiary/aromatic N) is 5. The number of aryl methyl sites for hydroxylation is 1. The second kappa shape index (κ2) is 11.3. The number of unbranched alkanes of at least 4 members (excludes halogenated alkanes) is 2. The third kappa shape index (κ3) is 6.06. The lowest BCUT2D eigenvalue weighted by atomic mass is 10.1. The number of hydrogen-bond donors (Lipinski definition) is 3. The monoisotopic (exact) mass is 436 g/mol. The molecule has 0 aliphatic rings. The fourth-order valence-corrected chi connectivity index (χ4v) is 3.53. The van der Waals surface area contributed by atoms with Crippen LogP contribution in [0.5, 0.6) is 0 Å². The minimum absolute atomic E-state index is 0.115. The minimum Gasteiger partial charge on any atom is -0.385 e. The van der Waals surface area contributed by atoms with Crippen molar-refractivity contribution < 1.29 is 4.79 Å². The molecule has 1 amide bonds. The predicted molar refractivity (Wildman–Crippen MR) is 127 cm³/mol. The summed E-state index contributed by atoms with van der Waals surface area (Å²) in [6.45, 7) is 8.17. The van der Waals surface area contributed by atoms with Gasteiger partial charge in [-0.3, -0.25) is 9.20 Å². The zero-order chi connectivity index (χ0) is 22.9. The maximum absolute atomic E-state index is 11.7. The molecule has 0 fully saturated rings. The van der Waals surface area contributed by atoms with E-state index in [4.69, 9.17) is 10.2 Å². The maximum atomic E-state index is 11.7. The summed E-state index contributed by atoms with van der Waals surface area (Å²) in [6.07, 6.45) is 3.72. The molecule has 2 heterocycles. The van der Waals surface area contributed by atoms with Crippen LogP contribution in [0, 0.1) is 24.2 Å². The SMILES string of the molecule is Cc1nnc2c(NCCCCNC(=O)CC(C)C)nc3ccc(NCCCC#N)cc3n12. The lowest BCUT2D eigenvalue weighted by molar-refractivity contribution is -0.121. The summed E-state index contributed by atoms with van der Waals surface area (Å²) in [4.78, 5) is 16.5. The Bertz CT molecular complexity index is 1100. The van der Waals surface area contributed by atoms with E-state index in [1.807, 2.05) is 43.4 Å². The Morgan fingerprint density at radius 2 is 1.91 bits per heavy atom. The molecule has 0 unspecified atom stereocenters. The topological polar surface area (TPSA) is 120 Å². The van der Waals surface area contributed by atoms with Crippen molar-refractivity contribution in [2.24, 2.45) is 5.92 Å². The lowest BCUT2D eigenvalue weighted by Gasteiger charge is -2.12. The van der Waals surface area contributed by atoms with Crippen LogP contribution in [0.15, 0.2) is 18.2 Å². The highest BCUT2D eigenvalue weighted by molar-refractivity contribution is 5.85. The molecular weight excluding hydrogens is 404 g/mol. The highest BCUT2D eigenvalue weighted by Gasteiger charge is 2.13. The number of anilines is 2. The van der Waals surface area contributed by atoms with E-state index >= 15 is 0 Å². The van der Waals surface area contributed by atoms with Gasteiger partial charge in [-0.1, -0.05) is 13.8 Å². The Hall–Kier alpha value is -3.41. The molecule has 0 aliphatic heterocycles. The quantitative estimate of drug-likeness (QED) is 0.371. The van der Waals surface area contributed by atoms with Gasteiger partial charge in [0.05, 0.1) is 17.1 Å². The molecule has 9 nitrogen and oxygen atoms in total. The molecule has 0 spiro atoms. The molecular formula is C23H32N8O. The number of nitrogens with one attached hydrogen (secondary N) is 3. The molecule has 0 radical (unpaired) electrons. The second-order valence-electron chi connectivity index (χ2n) is 8.34. The van der Waals surface area contributed by atoms with E-state index in [1.54, 1.807) is 0 Å². The van der Waals surface area contributed by atoms with Gasteiger partial charge in [0.1, 0.15) is 5.82 Å². The molecule has 32 heavy (non-hydrogen) atoms. The predicted octanol–water partition coefficient (Wildman–Crippen LogP) is 3.66. The molecule has 0 saturated heterocycles. The van der Waals surface area contributed by atoms with E-state index in [0.29, 0.717) is 36.8 Å². The van der Waals surface area contributed by atoms with E-state index in [9.17, 15) is 4.79 Å². The van der Waals surface area contributed by atoms with Gasteiger partial charge in [0.2, 0.25) is 11.6 Å². The molecule has 2 aromatic heterocycles. The van der Waals surface area contributed by atoms with Crippen molar-refractivity contribution in [3.8, 4) is 6.07 Å². The smallest absolute Gasteiger partial charge is 0.220 e. The van der Waals surface area contributed by atoms with Crippen molar-refractivity contribution in [3.63, 3.8) is 0 Å². The van der Waals surface area contributed by atoms with E-state index < -0.39 is 0 Å². The Kier molecular flexibility index (Phi) is 8.20. The van der Waals surface area contributed by atoms with Crippen LogP contribution < -0.4 is 16.0 Å². The van der Waals surface area contributed by atoms with Gasteiger partial charge in [0, 0.05) is 38.2 Å². The fraction of sp³-hybridized carbons (Fsp3) is 0.522. The third-order valence-electron chi connectivity index (χ3n) is 5.09. The van der Waals surface area contributed by atoms with Crippen molar-refractivity contribution in [1.82, 2.24) is 24.9 Å². The highest BCUT2D eigenvalue weighted by atomic mass is 16.1. The highest BCUT2D eigenvalue weighted by Crippen LogP contribution is 2.24. The number of hydrogen-bond acceptors (Lipinski definition) is 7. The summed E-state index contributed by atoms with van der Waals surface area (Å²) in [6, 6.07) is 8.18. The molecule has 0 atom stereocenters. The normalized spacial score (nSPS) is 11.1. The largest absolute Gasteiger partial charge is 0.385 e. The van der Waals surface area contributed by atoms with E-state index in [0.717, 1.165) is 54.9 Å². The molecule has 170 valence electrons. The van der Waals surface area contributed by atoms with Gasteiger partial charge >= 0.3 is 0 Å². The van der Waals surface area contributed by atoms with E-state index in [1.165, 1.54) is 0 Å². The van der Waals surface area contributed by atoms with Crippen molar-refractivity contribution in [3.05, 3.63) is 24.0 Å². The summed E-state index contributed by atoms with van der Waals surface area (Å²) < 4.78 is 2.01. The van der Waals surface area contributed by atoms with Crippen molar-refractivity contribution >= 4 is 34.1 Å². The number of benzene rings is 1. The first-order chi connectivity index (χ1) is 15.5. The second-order valence-corrected chi connectivity index (χ2v) is 8.34. The van der Waals surface area contributed by atoms with Crippen LogP contribution in [0.2, 0.25) is 0 Å². The van der Waals surface area contributed by atoms with Crippen molar-refractivity contribution in [2.45, 2.75) is 52.9 Å². The molecule has 1 aromatic carbocycles. The summed E-state index contributed by atoms with van der Waals surface area (Å²) in [5.41, 5.74) is 3.46. The van der Waals surface area contributed by atoms with Crippen LogP contribution in [-0.2, 0) is 4.79 Å². The van der Waals surface area contributed by atoms with Crippen LogP contribution in [0.4, 0.5) is 11.5 Å². The maximum Gasteiger partial charge on any atom is 0.220 e. The molecule has 0 bridgehead atoms. The van der Waals surface area contributed by atoms with E-state index in [2.05, 4.69) is 32.2 Å². The molecule has 3 N–H and O–H groups in total. The van der Waals surface area contributed by atoms with Crippen LogP contribution in [-0.4, -0.2) is 45.1 Å². The number of carbonyl (C=O) groups excluding carboxylic acids is 1. The van der Waals surface area contributed by atoms with Gasteiger partial charge in [-0.25, -0.2) is 4.98 Å². The Balaban J connectivity index is 1.64. The Morgan fingerprint density at radius 3 is 2.69 bits per heavy atom. The molecule has 0 saturated carbocycles. The molecule has 9 heteroatoms. The van der Waals surface area contributed by atoms with Gasteiger partial charge in [-0.05, 0) is 50.3 Å². The van der Waals surface area contributed by atoms with Crippen LogP contribution in [0.25, 0.3) is 16.7 Å². The molecule has 0 aliphatic carbocycles. The first-order valence-electron chi connectivity index (χ1n) is 11.3. The average Bonchev–Trinajstić information content (AvgIpc) is 3.15. The summed E-state index contributed by atoms with van der Waals surface area (Å²) in [7, 11) is 0. The summed E-state index contributed by atoms with van der Waals surface area (Å²) in [5.74, 6) is 1.99. The summed E-state index contributed by atoms with van der Waals surface area (Å²) in [5, 5.41) is 27.0. The van der Waals surface area contributed by atoms with Crippen molar-refractivity contribution in [2.75, 3.05) is 30.3 Å². The van der Waals surface area contributed by atoms with Gasteiger partial charge < -0.3 is 16.0 Å². The van der Waals surface area contributed by atoms with Crippen LogP contribution in [0.1, 0.15) is 51.8 Å². The number of aromatic nitrogens is 4. The fourth-order valence-electron chi connectivity index (χ4n) is 3.53. The first-order valence-corrected chi connectivity index (χ1v) is 11.3. The lowest BCUT2D eigenvalue weighted by Crippen LogP contribution is -2.25.